The van der Waals surface area contributed by atoms with Crippen LogP contribution in [0.25, 0.3) is 0 Å². The highest BCUT2D eigenvalue weighted by atomic mass is 19.1. The second-order valence-electron chi connectivity index (χ2n) is 5.68. The molecule has 0 saturated carbocycles. The Morgan fingerprint density at radius 2 is 1.88 bits per heavy atom. The van der Waals surface area contributed by atoms with Gasteiger partial charge in [-0.15, -0.1) is 0 Å². The zero-order valence-electron chi connectivity index (χ0n) is 13.3. The molecule has 6 nitrogen and oxygen atoms in total. The van der Waals surface area contributed by atoms with Gasteiger partial charge in [-0.05, 0) is 17.7 Å². The molecular weight excluding hydrogens is 322 g/mol. The molecule has 8 heteroatoms. The summed E-state index contributed by atoms with van der Waals surface area (Å²) in [5.41, 5.74) is -0.233. The molecule has 1 aromatic carbocycles. The van der Waals surface area contributed by atoms with E-state index in [1.807, 2.05) is 0 Å². The van der Waals surface area contributed by atoms with Crippen molar-refractivity contribution in [2.75, 3.05) is 33.0 Å². The van der Waals surface area contributed by atoms with Crippen molar-refractivity contribution in [3.63, 3.8) is 0 Å². The van der Waals surface area contributed by atoms with E-state index < -0.39 is 23.3 Å². The second kappa shape index (κ2) is 8.91. The van der Waals surface area contributed by atoms with Crippen molar-refractivity contribution in [3.05, 3.63) is 35.4 Å². The highest BCUT2D eigenvalue weighted by Crippen LogP contribution is 2.24. The van der Waals surface area contributed by atoms with Crippen molar-refractivity contribution >= 4 is 6.03 Å². The fraction of sp³-hybridized carbons (Fsp3) is 0.562. The molecule has 2 rings (SSSR count). The van der Waals surface area contributed by atoms with E-state index in [0.717, 1.165) is 18.2 Å². The molecule has 1 aliphatic heterocycles. The van der Waals surface area contributed by atoms with Gasteiger partial charge < -0.3 is 25.2 Å². The molecule has 1 fully saturated rings. The molecule has 0 bridgehead atoms. The maximum atomic E-state index is 13.1. The molecule has 134 valence electrons. The Kier molecular flexibility index (Phi) is 6.89. The quantitative estimate of drug-likeness (QED) is 0.697. The standard InChI is InChI=1S/C16H22F2N2O4/c17-13-7-12(8-14(18)9-13)10-19-15(22)20-11-16(24-6-3-21)1-4-23-5-2-16/h7-9,21H,1-6,10-11H2,(H2,19,20,22). The number of hydrogen-bond acceptors (Lipinski definition) is 4. The van der Waals surface area contributed by atoms with Gasteiger partial charge in [0.05, 0.1) is 18.8 Å². The minimum Gasteiger partial charge on any atom is -0.394 e. The van der Waals surface area contributed by atoms with Gasteiger partial charge in [-0.2, -0.15) is 0 Å². The van der Waals surface area contributed by atoms with Crippen LogP contribution < -0.4 is 10.6 Å². The zero-order chi connectivity index (χ0) is 17.4. The number of nitrogens with one attached hydrogen (secondary N) is 2. The van der Waals surface area contributed by atoms with E-state index in [-0.39, 0.29) is 26.3 Å². The number of carbonyl (C=O) groups is 1. The number of rotatable bonds is 7. The fourth-order valence-corrected chi connectivity index (χ4v) is 2.58. The number of halogens is 2. The summed E-state index contributed by atoms with van der Waals surface area (Å²) in [5, 5.41) is 14.2. The molecule has 1 aliphatic rings. The molecule has 0 atom stereocenters. The number of urea groups is 1. The average molecular weight is 344 g/mol. The number of benzene rings is 1. The van der Waals surface area contributed by atoms with Gasteiger partial charge in [0.25, 0.3) is 0 Å². The molecule has 3 N–H and O–H groups in total. The first-order chi connectivity index (χ1) is 11.5. The minimum atomic E-state index is -0.689. The Balaban J connectivity index is 1.82. The SMILES string of the molecule is O=C(NCc1cc(F)cc(F)c1)NCC1(OCCO)CCOCC1. The smallest absolute Gasteiger partial charge is 0.315 e. The van der Waals surface area contributed by atoms with Crippen molar-refractivity contribution in [2.45, 2.75) is 25.0 Å². The minimum absolute atomic E-state index is 0.00806. The van der Waals surface area contributed by atoms with E-state index >= 15 is 0 Å². The molecule has 1 heterocycles. The van der Waals surface area contributed by atoms with Gasteiger partial charge in [-0.25, -0.2) is 13.6 Å². The van der Waals surface area contributed by atoms with Crippen LogP contribution in [0.3, 0.4) is 0 Å². The maximum Gasteiger partial charge on any atom is 0.315 e. The van der Waals surface area contributed by atoms with Crippen LogP contribution in [0.2, 0.25) is 0 Å². The van der Waals surface area contributed by atoms with Gasteiger partial charge in [-0.1, -0.05) is 0 Å². The number of amides is 2. The summed E-state index contributed by atoms with van der Waals surface area (Å²) in [4.78, 5) is 11.9. The lowest BCUT2D eigenvalue weighted by molar-refractivity contribution is -0.114. The molecule has 0 aromatic heterocycles. The number of carbonyl (C=O) groups excluding carboxylic acids is 1. The summed E-state index contributed by atoms with van der Waals surface area (Å²) in [5.74, 6) is -1.38. The summed E-state index contributed by atoms with van der Waals surface area (Å²) >= 11 is 0. The highest BCUT2D eigenvalue weighted by Gasteiger charge is 2.33. The molecule has 0 unspecified atom stereocenters. The predicted octanol–water partition coefficient (Wildman–Crippen LogP) is 1.32. The third kappa shape index (κ3) is 5.70. The Labute approximate surface area is 139 Å². The Morgan fingerprint density at radius 1 is 1.21 bits per heavy atom. The molecule has 0 spiro atoms. The lowest BCUT2D eigenvalue weighted by Gasteiger charge is -2.37. The number of aliphatic hydroxyl groups excluding tert-OH is 1. The van der Waals surface area contributed by atoms with Gasteiger partial charge in [-0.3, -0.25) is 0 Å². The van der Waals surface area contributed by atoms with Crippen LogP contribution in [0.4, 0.5) is 13.6 Å². The summed E-state index contributed by atoms with van der Waals surface area (Å²) < 4.78 is 37.2. The van der Waals surface area contributed by atoms with E-state index in [2.05, 4.69) is 10.6 Å². The summed E-state index contributed by atoms with van der Waals surface area (Å²) in [6, 6.07) is 2.64. The first-order valence-electron chi connectivity index (χ1n) is 7.82. The largest absolute Gasteiger partial charge is 0.394 e. The maximum absolute atomic E-state index is 13.1. The normalized spacial score (nSPS) is 16.6. The first kappa shape index (κ1) is 18.6. The molecular formula is C16H22F2N2O4. The van der Waals surface area contributed by atoms with Gasteiger partial charge >= 0.3 is 6.03 Å². The third-order valence-corrected chi connectivity index (χ3v) is 3.85. The van der Waals surface area contributed by atoms with Crippen molar-refractivity contribution in [1.29, 1.82) is 0 Å². The summed E-state index contributed by atoms with van der Waals surface area (Å²) in [6.07, 6.45) is 1.23. The number of ether oxygens (including phenoxy) is 2. The van der Waals surface area contributed by atoms with Gasteiger partial charge in [0, 0.05) is 45.2 Å². The van der Waals surface area contributed by atoms with E-state index in [4.69, 9.17) is 14.6 Å². The average Bonchev–Trinajstić information content (AvgIpc) is 2.56. The van der Waals surface area contributed by atoms with Crippen molar-refractivity contribution < 1.29 is 28.2 Å². The molecule has 0 aliphatic carbocycles. The van der Waals surface area contributed by atoms with Gasteiger partial charge in [0.1, 0.15) is 11.6 Å². The van der Waals surface area contributed by atoms with Crippen LogP contribution in [0.5, 0.6) is 0 Å². The Bertz CT molecular complexity index is 531. The Morgan fingerprint density at radius 3 is 2.50 bits per heavy atom. The monoisotopic (exact) mass is 344 g/mol. The molecule has 1 saturated heterocycles. The van der Waals surface area contributed by atoms with Gasteiger partial charge in [0.15, 0.2) is 0 Å². The van der Waals surface area contributed by atoms with Crippen LogP contribution >= 0.6 is 0 Å². The Hall–Kier alpha value is -1.77. The number of aliphatic hydroxyl groups is 1. The molecule has 1 aromatic rings. The first-order valence-corrected chi connectivity index (χ1v) is 7.82. The van der Waals surface area contributed by atoms with Crippen LogP contribution in [0.15, 0.2) is 18.2 Å². The van der Waals surface area contributed by atoms with E-state index in [0.29, 0.717) is 31.6 Å². The summed E-state index contributed by atoms with van der Waals surface area (Å²) in [6.45, 7) is 1.41. The van der Waals surface area contributed by atoms with Crippen LogP contribution in [-0.4, -0.2) is 49.7 Å². The fourth-order valence-electron chi connectivity index (χ4n) is 2.58. The van der Waals surface area contributed by atoms with Crippen LogP contribution in [0.1, 0.15) is 18.4 Å². The summed E-state index contributed by atoms with van der Waals surface area (Å²) in [7, 11) is 0. The lowest BCUT2D eigenvalue weighted by Crippen LogP contribution is -2.51. The van der Waals surface area contributed by atoms with E-state index in [9.17, 15) is 13.6 Å². The lowest BCUT2D eigenvalue weighted by atomic mass is 9.94. The van der Waals surface area contributed by atoms with Crippen molar-refractivity contribution in [3.8, 4) is 0 Å². The van der Waals surface area contributed by atoms with Crippen molar-refractivity contribution in [2.24, 2.45) is 0 Å². The molecule has 24 heavy (non-hydrogen) atoms. The van der Waals surface area contributed by atoms with Crippen LogP contribution in [-0.2, 0) is 16.0 Å². The van der Waals surface area contributed by atoms with Crippen LogP contribution in [0, 0.1) is 11.6 Å². The molecule has 0 radical (unpaired) electrons. The van der Waals surface area contributed by atoms with Crippen molar-refractivity contribution in [1.82, 2.24) is 10.6 Å². The third-order valence-electron chi connectivity index (χ3n) is 3.85. The van der Waals surface area contributed by atoms with E-state index in [1.54, 1.807) is 0 Å². The second-order valence-corrected chi connectivity index (χ2v) is 5.68. The predicted molar refractivity (Wildman–Crippen MR) is 82.4 cm³/mol. The highest BCUT2D eigenvalue weighted by molar-refractivity contribution is 5.73. The topological polar surface area (TPSA) is 79.8 Å². The van der Waals surface area contributed by atoms with E-state index in [1.165, 1.54) is 0 Å². The van der Waals surface area contributed by atoms with Gasteiger partial charge in [0.2, 0.25) is 0 Å². The number of hydrogen-bond donors (Lipinski definition) is 3. The molecule has 2 amide bonds. The zero-order valence-corrected chi connectivity index (χ0v) is 13.3.